The lowest BCUT2D eigenvalue weighted by Crippen LogP contribution is -2.47. The van der Waals surface area contributed by atoms with Gasteiger partial charge in [0.15, 0.2) is 0 Å². The van der Waals surface area contributed by atoms with E-state index in [2.05, 4.69) is 10.6 Å². The van der Waals surface area contributed by atoms with Gasteiger partial charge in [0.2, 0.25) is 11.8 Å². The van der Waals surface area contributed by atoms with Gasteiger partial charge in [0.25, 0.3) is 0 Å². The summed E-state index contributed by atoms with van der Waals surface area (Å²) in [5, 5.41) is 6.30. The van der Waals surface area contributed by atoms with E-state index in [1.54, 1.807) is 25.2 Å². The van der Waals surface area contributed by atoms with Crippen LogP contribution in [0.1, 0.15) is 25.7 Å². The summed E-state index contributed by atoms with van der Waals surface area (Å²) in [6.07, 6.45) is 2.90. The van der Waals surface area contributed by atoms with Crippen molar-refractivity contribution in [2.75, 3.05) is 50.7 Å². The van der Waals surface area contributed by atoms with Crippen LogP contribution in [0.2, 0.25) is 0 Å². The summed E-state index contributed by atoms with van der Waals surface area (Å²) in [5.41, 5.74) is 0.898. The second kappa shape index (κ2) is 8.05. The third-order valence-electron chi connectivity index (χ3n) is 5.26. The Kier molecular flexibility index (Phi) is 5.78. The molecule has 2 N–H and O–H groups in total. The molecule has 7 nitrogen and oxygen atoms in total. The number of hydrogen-bond acceptors (Lipinski definition) is 5. The van der Waals surface area contributed by atoms with Crippen LogP contribution in [-0.2, 0) is 14.3 Å². The SMILES string of the molecule is COCC1(C(=O)Nc2ccc(N3CCCC3=O)c(OC)c2)CCNCC1. The van der Waals surface area contributed by atoms with Crippen LogP contribution in [-0.4, -0.2) is 52.3 Å². The minimum atomic E-state index is -0.517. The first kappa shape index (κ1) is 18.7. The van der Waals surface area contributed by atoms with E-state index < -0.39 is 5.41 Å². The van der Waals surface area contributed by atoms with Crippen molar-refractivity contribution >= 4 is 23.2 Å². The van der Waals surface area contributed by atoms with Crippen molar-refractivity contribution in [2.24, 2.45) is 5.41 Å². The number of piperidine rings is 1. The number of amides is 2. The molecule has 2 amide bonds. The van der Waals surface area contributed by atoms with Gasteiger partial charge in [0.1, 0.15) is 5.75 Å². The topological polar surface area (TPSA) is 79.9 Å². The third kappa shape index (κ3) is 3.68. The zero-order valence-electron chi connectivity index (χ0n) is 15.5. The number of carbonyl (C=O) groups is 2. The number of ether oxygens (including phenoxy) is 2. The minimum absolute atomic E-state index is 0.0344. The summed E-state index contributed by atoms with van der Waals surface area (Å²) in [7, 11) is 3.20. The molecule has 2 heterocycles. The number of methoxy groups -OCH3 is 2. The lowest BCUT2D eigenvalue weighted by molar-refractivity contribution is -0.130. The molecule has 142 valence electrons. The van der Waals surface area contributed by atoms with Crippen LogP contribution >= 0.6 is 0 Å². The van der Waals surface area contributed by atoms with Crippen molar-refractivity contribution in [1.29, 1.82) is 0 Å². The molecular weight excluding hydrogens is 334 g/mol. The molecule has 0 bridgehead atoms. The summed E-state index contributed by atoms with van der Waals surface area (Å²) < 4.78 is 10.8. The Morgan fingerprint density at radius 3 is 2.69 bits per heavy atom. The second-order valence-electron chi connectivity index (χ2n) is 6.95. The molecule has 2 aliphatic heterocycles. The van der Waals surface area contributed by atoms with Gasteiger partial charge in [-0.15, -0.1) is 0 Å². The highest BCUT2D eigenvalue weighted by Gasteiger charge is 2.39. The fourth-order valence-electron chi connectivity index (χ4n) is 3.76. The van der Waals surface area contributed by atoms with Gasteiger partial charge in [0, 0.05) is 31.8 Å². The predicted molar refractivity (Wildman–Crippen MR) is 99.6 cm³/mol. The van der Waals surface area contributed by atoms with E-state index in [0.717, 1.165) is 38.0 Å². The van der Waals surface area contributed by atoms with Crippen LogP contribution < -0.4 is 20.3 Å². The highest BCUT2D eigenvalue weighted by Crippen LogP contribution is 2.35. The molecule has 3 rings (SSSR count). The van der Waals surface area contributed by atoms with Crippen LogP contribution in [0.25, 0.3) is 0 Å². The molecule has 0 spiro atoms. The van der Waals surface area contributed by atoms with Gasteiger partial charge in [-0.25, -0.2) is 0 Å². The number of nitrogens with zero attached hydrogens (tertiary/aromatic N) is 1. The molecule has 0 aliphatic carbocycles. The fourth-order valence-corrected chi connectivity index (χ4v) is 3.76. The van der Waals surface area contributed by atoms with Crippen molar-refractivity contribution in [3.8, 4) is 5.75 Å². The van der Waals surface area contributed by atoms with Crippen molar-refractivity contribution in [3.63, 3.8) is 0 Å². The van der Waals surface area contributed by atoms with E-state index in [-0.39, 0.29) is 11.8 Å². The largest absolute Gasteiger partial charge is 0.494 e. The monoisotopic (exact) mass is 361 g/mol. The molecule has 0 atom stereocenters. The van der Waals surface area contributed by atoms with E-state index in [1.807, 2.05) is 12.1 Å². The smallest absolute Gasteiger partial charge is 0.233 e. The van der Waals surface area contributed by atoms with E-state index >= 15 is 0 Å². The van der Waals surface area contributed by atoms with Gasteiger partial charge in [-0.1, -0.05) is 0 Å². The van der Waals surface area contributed by atoms with Crippen LogP contribution in [0.15, 0.2) is 18.2 Å². The third-order valence-corrected chi connectivity index (χ3v) is 5.26. The van der Waals surface area contributed by atoms with Crippen LogP contribution in [0.4, 0.5) is 11.4 Å². The highest BCUT2D eigenvalue weighted by molar-refractivity contribution is 5.99. The average Bonchev–Trinajstić information content (AvgIpc) is 3.08. The van der Waals surface area contributed by atoms with Crippen LogP contribution in [0.5, 0.6) is 5.75 Å². The Morgan fingerprint density at radius 1 is 1.31 bits per heavy atom. The molecule has 0 aromatic heterocycles. The number of anilines is 2. The van der Waals surface area contributed by atoms with Gasteiger partial charge in [-0.2, -0.15) is 0 Å². The predicted octanol–water partition coefficient (Wildman–Crippen LogP) is 1.78. The molecule has 1 aromatic carbocycles. The first-order valence-electron chi connectivity index (χ1n) is 9.09. The van der Waals surface area contributed by atoms with Crippen molar-refractivity contribution in [2.45, 2.75) is 25.7 Å². The quantitative estimate of drug-likeness (QED) is 0.807. The molecule has 2 saturated heterocycles. The van der Waals surface area contributed by atoms with Crippen LogP contribution in [0.3, 0.4) is 0 Å². The second-order valence-corrected chi connectivity index (χ2v) is 6.95. The summed E-state index contributed by atoms with van der Waals surface area (Å²) >= 11 is 0. The Balaban J connectivity index is 1.78. The van der Waals surface area contributed by atoms with Crippen molar-refractivity contribution in [1.82, 2.24) is 5.32 Å². The first-order valence-corrected chi connectivity index (χ1v) is 9.09. The molecule has 2 aliphatic rings. The summed E-state index contributed by atoms with van der Waals surface area (Å²) in [6, 6.07) is 5.44. The fraction of sp³-hybridized carbons (Fsp3) is 0.579. The Morgan fingerprint density at radius 2 is 2.08 bits per heavy atom. The highest BCUT2D eigenvalue weighted by atomic mass is 16.5. The van der Waals surface area contributed by atoms with E-state index in [1.165, 1.54) is 0 Å². The molecule has 7 heteroatoms. The maximum absolute atomic E-state index is 12.9. The molecule has 0 unspecified atom stereocenters. The molecule has 0 radical (unpaired) electrons. The number of carbonyl (C=O) groups excluding carboxylic acids is 2. The normalized spacial score (nSPS) is 19.5. The van der Waals surface area contributed by atoms with E-state index in [0.29, 0.717) is 31.0 Å². The van der Waals surface area contributed by atoms with Crippen molar-refractivity contribution in [3.05, 3.63) is 18.2 Å². The summed E-state index contributed by atoms with van der Waals surface area (Å²) in [4.78, 5) is 26.7. The maximum atomic E-state index is 12.9. The summed E-state index contributed by atoms with van der Waals surface area (Å²) in [6.45, 7) is 2.70. The Hall–Kier alpha value is -2.12. The molecule has 2 fully saturated rings. The number of nitrogens with one attached hydrogen (secondary N) is 2. The summed E-state index contributed by atoms with van der Waals surface area (Å²) in [5.74, 6) is 0.658. The Labute approximate surface area is 154 Å². The van der Waals surface area contributed by atoms with Gasteiger partial charge in [0.05, 0.1) is 24.8 Å². The van der Waals surface area contributed by atoms with Crippen LogP contribution in [0, 0.1) is 5.41 Å². The number of hydrogen-bond donors (Lipinski definition) is 2. The van der Waals surface area contributed by atoms with Crippen molar-refractivity contribution < 1.29 is 19.1 Å². The van der Waals surface area contributed by atoms with Gasteiger partial charge < -0.3 is 25.0 Å². The number of benzene rings is 1. The molecular formula is C19H27N3O4. The van der Waals surface area contributed by atoms with Gasteiger partial charge in [-0.05, 0) is 44.5 Å². The van der Waals surface area contributed by atoms with E-state index in [9.17, 15) is 9.59 Å². The average molecular weight is 361 g/mol. The Bertz CT molecular complexity index is 665. The lowest BCUT2D eigenvalue weighted by Gasteiger charge is -2.35. The van der Waals surface area contributed by atoms with Gasteiger partial charge in [-0.3, -0.25) is 9.59 Å². The molecule has 1 aromatic rings. The first-order chi connectivity index (χ1) is 12.6. The molecule has 26 heavy (non-hydrogen) atoms. The molecule has 0 saturated carbocycles. The minimum Gasteiger partial charge on any atom is -0.494 e. The lowest BCUT2D eigenvalue weighted by atomic mass is 9.78. The van der Waals surface area contributed by atoms with E-state index in [4.69, 9.17) is 9.47 Å². The zero-order valence-corrected chi connectivity index (χ0v) is 15.5. The standard InChI is InChI=1S/C19H27N3O4/c1-25-13-19(7-9-20-10-8-19)18(24)21-14-5-6-15(16(12-14)26-2)22-11-3-4-17(22)23/h5-6,12,20H,3-4,7-11,13H2,1-2H3,(H,21,24). The van der Waals surface area contributed by atoms with Gasteiger partial charge >= 0.3 is 0 Å². The maximum Gasteiger partial charge on any atom is 0.233 e. The zero-order chi connectivity index (χ0) is 18.6. The number of rotatable bonds is 6.